The van der Waals surface area contributed by atoms with Gasteiger partial charge in [-0.25, -0.2) is 14.4 Å². The lowest BCUT2D eigenvalue weighted by atomic mass is 10.00. The third-order valence-electron chi connectivity index (χ3n) is 6.24. The molecule has 0 aliphatic carbocycles. The standard InChI is InChI=1S/C31H50O9/c1-6-9-13-17-25(38-28(33)7-2)19-16-20-26(39-29(34)8-3)18-14-11-10-12-15-21-30(35)40-27(22-32)23-37-31(36)24(4)5/h7-8,25-27,32H,2-4,6,9-23H2,1,5H3. The number of esters is 4. The van der Waals surface area contributed by atoms with Gasteiger partial charge in [-0.05, 0) is 58.3 Å². The summed E-state index contributed by atoms with van der Waals surface area (Å²) in [5.74, 6) is -1.91. The van der Waals surface area contributed by atoms with Gasteiger partial charge in [0.25, 0.3) is 0 Å². The number of unbranched alkanes of at least 4 members (excludes halogenated alkanes) is 6. The zero-order valence-electron chi connectivity index (χ0n) is 24.5. The molecule has 0 rings (SSSR count). The Hall–Kier alpha value is -2.94. The van der Waals surface area contributed by atoms with E-state index in [9.17, 15) is 24.3 Å². The molecule has 1 N–H and O–H groups in total. The quantitative estimate of drug-likeness (QED) is 0.0642. The van der Waals surface area contributed by atoms with Gasteiger partial charge in [0.1, 0.15) is 18.8 Å². The second-order valence-corrected chi connectivity index (χ2v) is 9.93. The molecule has 0 aliphatic heterocycles. The van der Waals surface area contributed by atoms with E-state index in [1.54, 1.807) is 0 Å². The maximum atomic E-state index is 12.0. The molecule has 0 radical (unpaired) electrons. The molecule has 9 nitrogen and oxygen atoms in total. The molecule has 3 atom stereocenters. The average Bonchev–Trinajstić information content (AvgIpc) is 2.93. The van der Waals surface area contributed by atoms with E-state index in [0.717, 1.165) is 70.3 Å². The van der Waals surface area contributed by atoms with Crippen molar-refractivity contribution in [2.75, 3.05) is 13.2 Å². The van der Waals surface area contributed by atoms with Crippen LogP contribution < -0.4 is 0 Å². The number of hydrogen-bond acceptors (Lipinski definition) is 9. The lowest BCUT2D eigenvalue weighted by molar-refractivity contribution is -0.159. The number of aliphatic hydroxyl groups is 1. The Morgan fingerprint density at radius 2 is 1.23 bits per heavy atom. The van der Waals surface area contributed by atoms with Gasteiger partial charge in [-0.2, -0.15) is 0 Å². The number of carbonyl (C=O) groups excluding carboxylic acids is 4. The van der Waals surface area contributed by atoms with Gasteiger partial charge in [-0.3, -0.25) is 4.79 Å². The first-order chi connectivity index (χ1) is 19.2. The molecule has 0 fully saturated rings. The predicted molar refractivity (Wildman–Crippen MR) is 153 cm³/mol. The summed E-state index contributed by atoms with van der Waals surface area (Å²) in [6, 6.07) is 0. The highest BCUT2D eigenvalue weighted by molar-refractivity contribution is 5.87. The van der Waals surface area contributed by atoms with Gasteiger partial charge >= 0.3 is 23.9 Å². The SMILES string of the molecule is C=CC(=O)OC(CCCCC)CCCC(CCCCCCCC(=O)OC(CO)COC(=O)C(=C)C)OC(=O)C=C. The van der Waals surface area contributed by atoms with Crippen molar-refractivity contribution in [2.24, 2.45) is 0 Å². The molecule has 0 aliphatic rings. The maximum Gasteiger partial charge on any atom is 0.333 e. The summed E-state index contributed by atoms with van der Waals surface area (Å²) in [6.45, 7) is 13.4. The van der Waals surface area contributed by atoms with Crippen LogP contribution in [0.15, 0.2) is 37.5 Å². The molecule has 228 valence electrons. The first-order valence-corrected chi connectivity index (χ1v) is 14.5. The summed E-state index contributed by atoms with van der Waals surface area (Å²) in [5, 5.41) is 9.33. The summed E-state index contributed by atoms with van der Waals surface area (Å²) in [6.07, 6.45) is 12.2. The maximum absolute atomic E-state index is 12.0. The van der Waals surface area contributed by atoms with Crippen molar-refractivity contribution in [3.8, 4) is 0 Å². The third kappa shape index (κ3) is 20.0. The fourth-order valence-corrected chi connectivity index (χ4v) is 3.98. The molecule has 0 saturated carbocycles. The fourth-order valence-electron chi connectivity index (χ4n) is 3.98. The van der Waals surface area contributed by atoms with Gasteiger partial charge in [0.05, 0.1) is 6.61 Å². The second kappa shape index (κ2) is 23.9. The summed E-state index contributed by atoms with van der Waals surface area (Å²) in [5.41, 5.74) is 0.228. The van der Waals surface area contributed by atoms with Crippen LogP contribution in [0.2, 0.25) is 0 Å². The Kier molecular flexibility index (Phi) is 22.1. The highest BCUT2D eigenvalue weighted by Crippen LogP contribution is 2.19. The van der Waals surface area contributed by atoms with E-state index in [1.807, 2.05) is 0 Å². The van der Waals surface area contributed by atoms with E-state index in [4.69, 9.17) is 18.9 Å². The lowest BCUT2D eigenvalue weighted by Gasteiger charge is -2.20. The molecule has 0 spiro atoms. The molecule has 0 heterocycles. The number of rotatable bonds is 25. The first-order valence-electron chi connectivity index (χ1n) is 14.5. The van der Waals surface area contributed by atoms with E-state index in [-0.39, 0.29) is 30.8 Å². The zero-order chi connectivity index (χ0) is 30.2. The molecular formula is C31H50O9. The molecular weight excluding hydrogens is 516 g/mol. The number of carbonyl (C=O) groups is 4. The van der Waals surface area contributed by atoms with Crippen molar-refractivity contribution >= 4 is 23.9 Å². The Bertz CT molecular complexity index is 790. The highest BCUT2D eigenvalue weighted by atomic mass is 16.6. The van der Waals surface area contributed by atoms with Gasteiger partial charge in [-0.15, -0.1) is 0 Å². The van der Waals surface area contributed by atoms with Crippen LogP contribution in [-0.2, 0) is 38.1 Å². The van der Waals surface area contributed by atoms with Crippen LogP contribution in [0.4, 0.5) is 0 Å². The van der Waals surface area contributed by atoms with Gasteiger partial charge in [-0.1, -0.05) is 58.8 Å². The van der Waals surface area contributed by atoms with Crippen molar-refractivity contribution < 1.29 is 43.2 Å². The van der Waals surface area contributed by atoms with Crippen LogP contribution in [-0.4, -0.2) is 60.5 Å². The molecule has 0 aromatic heterocycles. The molecule has 0 aromatic carbocycles. The zero-order valence-corrected chi connectivity index (χ0v) is 24.5. The van der Waals surface area contributed by atoms with Gasteiger partial charge in [0.2, 0.25) is 0 Å². The Morgan fingerprint density at radius 3 is 1.73 bits per heavy atom. The Morgan fingerprint density at radius 1 is 0.725 bits per heavy atom. The van der Waals surface area contributed by atoms with Crippen LogP contribution in [0.5, 0.6) is 0 Å². The van der Waals surface area contributed by atoms with Crippen molar-refractivity contribution in [2.45, 2.75) is 122 Å². The normalized spacial score (nSPS) is 12.9. The smallest absolute Gasteiger partial charge is 0.333 e. The predicted octanol–water partition coefficient (Wildman–Crippen LogP) is 5.69. The average molecular weight is 567 g/mol. The van der Waals surface area contributed by atoms with Gasteiger partial charge < -0.3 is 24.1 Å². The topological polar surface area (TPSA) is 125 Å². The summed E-state index contributed by atoms with van der Waals surface area (Å²) in [4.78, 5) is 46.9. The van der Waals surface area contributed by atoms with Crippen molar-refractivity contribution in [1.82, 2.24) is 0 Å². The van der Waals surface area contributed by atoms with Crippen LogP contribution >= 0.6 is 0 Å². The molecule has 9 heteroatoms. The van der Waals surface area contributed by atoms with Crippen LogP contribution in [0, 0.1) is 0 Å². The van der Waals surface area contributed by atoms with E-state index in [2.05, 4.69) is 26.7 Å². The van der Waals surface area contributed by atoms with E-state index < -0.39 is 36.6 Å². The molecule has 40 heavy (non-hydrogen) atoms. The number of hydrogen-bond donors (Lipinski definition) is 1. The minimum atomic E-state index is -0.897. The summed E-state index contributed by atoms with van der Waals surface area (Å²) >= 11 is 0. The minimum absolute atomic E-state index is 0.168. The number of aliphatic hydroxyl groups excluding tert-OH is 1. The summed E-state index contributed by atoms with van der Waals surface area (Å²) < 4.78 is 21.1. The third-order valence-corrected chi connectivity index (χ3v) is 6.24. The molecule has 3 unspecified atom stereocenters. The van der Waals surface area contributed by atoms with Crippen LogP contribution in [0.25, 0.3) is 0 Å². The first kappa shape index (κ1) is 37.1. The molecule has 0 bridgehead atoms. The Labute approximate surface area is 240 Å². The van der Waals surface area contributed by atoms with Gasteiger partial charge in [0, 0.05) is 24.1 Å². The van der Waals surface area contributed by atoms with E-state index >= 15 is 0 Å². The van der Waals surface area contributed by atoms with E-state index in [1.165, 1.54) is 13.0 Å². The molecule has 0 aromatic rings. The summed E-state index contributed by atoms with van der Waals surface area (Å²) in [7, 11) is 0. The van der Waals surface area contributed by atoms with Crippen molar-refractivity contribution in [1.29, 1.82) is 0 Å². The number of ether oxygens (including phenoxy) is 4. The van der Waals surface area contributed by atoms with Crippen molar-refractivity contribution in [3.05, 3.63) is 37.5 Å². The van der Waals surface area contributed by atoms with Gasteiger partial charge in [0.15, 0.2) is 6.10 Å². The second-order valence-electron chi connectivity index (χ2n) is 9.93. The monoisotopic (exact) mass is 566 g/mol. The fraction of sp³-hybridized carbons (Fsp3) is 0.677. The van der Waals surface area contributed by atoms with Crippen LogP contribution in [0.3, 0.4) is 0 Å². The minimum Gasteiger partial charge on any atom is -0.459 e. The van der Waals surface area contributed by atoms with Crippen LogP contribution in [0.1, 0.15) is 104 Å². The molecule has 0 amide bonds. The largest absolute Gasteiger partial charge is 0.459 e. The molecule has 0 saturated heterocycles. The lowest BCUT2D eigenvalue weighted by Crippen LogP contribution is -2.28. The Balaban J connectivity index is 4.36. The van der Waals surface area contributed by atoms with Crippen molar-refractivity contribution in [3.63, 3.8) is 0 Å². The van der Waals surface area contributed by atoms with E-state index in [0.29, 0.717) is 19.3 Å². The highest BCUT2D eigenvalue weighted by Gasteiger charge is 2.18.